The molecule has 0 bridgehead atoms. The molecule has 1 aromatic heterocycles. The van der Waals surface area contributed by atoms with Crippen LogP contribution >= 0.6 is 0 Å². The molecule has 0 amide bonds. The van der Waals surface area contributed by atoms with E-state index in [2.05, 4.69) is 18.0 Å². The summed E-state index contributed by atoms with van der Waals surface area (Å²) in [6.45, 7) is 11.0. The van der Waals surface area contributed by atoms with Gasteiger partial charge in [0.05, 0.1) is 23.5 Å². The van der Waals surface area contributed by atoms with E-state index in [0.29, 0.717) is 32.4 Å². The largest absolute Gasteiger partial charge is 0.457 e. The molecule has 7 heteroatoms. The van der Waals surface area contributed by atoms with E-state index in [9.17, 15) is 14.7 Å². The SMILES string of the molecule is C/C1=C/CC(c2ccc3c(c2)ncn3CCN)OC(=O)CCCC(C)(C)C(=O)[C@H](C)C(O)[C@@H](C)CCC1. The minimum absolute atomic E-state index is 0.0432. The molecule has 1 aliphatic heterocycles. The van der Waals surface area contributed by atoms with Crippen molar-refractivity contribution in [2.45, 2.75) is 98.3 Å². The molecular formula is C30H45N3O4. The smallest absolute Gasteiger partial charge is 0.306 e. The van der Waals surface area contributed by atoms with Crippen molar-refractivity contribution in [3.05, 3.63) is 41.7 Å². The minimum atomic E-state index is -0.663. The van der Waals surface area contributed by atoms with Gasteiger partial charge in [0.25, 0.3) is 0 Å². The average Bonchev–Trinajstić information content (AvgIpc) is 3.26. The Hall–Kier alpha value is -2.51. The van der Waals surface area contributed by atoms with Crippen LogP contribution in [0.1, 0.15) is 91.2 Å². The molecule has 3 rings (SSSR count). The van der Waals surface area contributed by atoms with E-state index in [4.69, 9.17) is 10.5 Å². The van der Waals surface area contributed by atoms with Crippen molar-refractivity contribution in [3.8, 4) is 0 Å². The lowest BCUT2D eigenvalue weighted by molar-refractivity contribution is -0.150. The van der Waals surface area contributed by atoms with Gasteiger partial charge in [-0.2, -0.15) is 0 Å². The van der Waals surface area contributed by atoms with Gasteiger partial charge in [0.1, 0.15) is 11.9 Å². The van der Waals surface area contributed by atoms with Gasteiger partial charge in [0.15, 0.2) is 0 Å². The third-order valence-electron chi connectivity index (χ3n) is 7.93. The van der Waals surface area contributed by atoms with Gasteiger partial charge in [-0.15, -0.1) is 0 Å². The third-order valence-corrected chi connectivity index (χ3v) is 7.93. The minimum Gasteiger partial charge on any atom is -0.457 e. The number of ether oxygens (including phenoxy) is 1. The van der Waals surface area contributed by atoms with Crippen LogP contribution in [0, 0.1) is 17.3 Å². The predicted molar refractivity (Wildman–Crippen MR) is 147 cm³/mol. The molecule has 2 unspecified atom stereocenters. The molecule has 204 valence electrons. The number of cyclic esters (lactones) is 1. The first-order chi connectivity index (χ1) is 17.5. The zero-order valence-corrected chi connectivity index (χ0v) is 23.2. The molecule has 0 saturated carbocycles. The summed E-state index contributed by atoms with van der Waals surface area (Å²) in [5, 5.41) is 10.9. The molecular weight excluding hydrogens is 466 g/mol. The molecule has 37 heavy (non-hydrogen) atoms. The van der Waals surface area contributed by atoms with E-state index < -0.39 is 23.5 Å². The number of nitrogens with zero attached hydrogens (tertiary/aromatic N) is 2. The molecule has 4 atom stereocenters. The number of fused-ring (bicyclic) bond motifs is 1. The zero-order chi connectivity index (χ0) is 27.2. The number of esters is 1. The molecule has 1 aromatic carbocycles. The number of nitrogens with two attached hydrogens (primary N) is 1. The number of ketones is 1. The highest BCUT2D eigenvalue weighted by Gasteiger charge is 2.36. The topological polar surface area (TPSA) is 107 Å². The average molecular weight is 512 g/mol. The van der Waals surface area contributed by atoms with Crippen molar-refractivity contribution in [1.82, 2.24) is 9.55 Å². The molecule has 2 aromatic rings. The van der Waals surface area contributed by atoms with E-state index >= 15 is 0 Å². The number of benzene rings is 1. The van der Waals surface area contributed by atoms with Gasteiger partial charge < -0.3 is 20.1 Å². The number of allylic oxidation sites excluding steroid dienone is 1. The third kappa shape index (κ3) is 7.51. The number of aliphatic hydroxyl groups excluding tert-OH is 1. The monoisotopic (exact) mass is 511 g/mol. The highest BCUT2D eigenvalue weighted by molar-refractivity contribution is 5.86. The van der Waals surface area contributed by atoms with Crippen molar-refractivity contribution in [1.29, 1.82) is 0 Å². The van der Waals surface area contributed by atoms with Crippen LogP contribution in [0.4, 0.5) is 0 Å². The highest BCUT2D eigenvalue weighted by atomic mass is 16.5. The van der Waals surface area contributed by atoms with Crippen molar-refractivity contribution < 1.29 is 19.4 Å². The van der Waals surface area contributed by atoms with Crippen LogP contribution in [0.25, 0.3) is 11.0 Å². The molecule has 7 nitrogen and oxygen atoms in total. The quantitative estimate of drug-likeness (QED) is 0.416. The first-order valence-corrected chi connectivity index (χ1v) is 13.8. The first kappa shape index (κ1) is 29.1. The summed E-state index contributed by atoms with van der Waals surface area (Å²) in [6, 6.07) is 6.02. The van der Waals surface area contributed by atoms with Gasteiger partial charge in [0, 0.05) is 37.3 Å². The van der Waals surface area contributed by atoms with Gasteiger partial charge in [-0.05, 0) is 62.6 Å². The molecule has 0 aliphatic carbocycles. The van der Waals surface area contributed by atoms with Gasteiger partial charge in [0.2, 0.25) is 0 Å². The summed E-state index contributed by atoms with van der Waals surface area (Å²) in [7, 11) is 0. The Bertz CT molecular complexity index is 1100. The van der Waals surface area contributed by atoms with Gasteiger partial charge >= 0.3 is 5.97 Å². The number of aromatic nitrogens is 2. The second kappa shape index (κ2) is 12.8. The number of carbonyl (C=O) groups excluding carboxylic acids is 2. The lowest BCUT2D eigenvalue weighted by Gasteiger charge is -2.31. The summed E-state index contributed by atoms with van der Waals surface area (Å²) >= 11 is 0. The van der Waals surface area contributed by atoms with Crippen LogP contribution in [-0.2, 0) is 20.9 Å². The molecule has 1 aliphatic rings. The predicted octanol–water partition coefficient (Wildman–Crippen LogP) is 5.50. The van der Waals surface area contributed by atoms with Crippen LogP contribution in [0.5, 0.6) is 0 Å². The number of hydrogen-bond donors (Lipinski definition) is 2. The molecule has 0 saturated heterocycles. The van der Waals surface area contributed by atoms with Crippen LogP contribution in [0.3, 0.4) is 0 Å². The van der Waals surface area contributed by atoms with Crippen LogP contribution in [-0.4, -0.2) is 39.1 Å². The van der Waals surface area contributed by atoms with E-state index in [1.807, 2.05) is 50.5 Å². The lowest BCUT2D eigenvalue weighted by atomic mass is 9.74. The Balaban J connectivity index is 1.84. The van der Waals surface area contributed by atoms with E-state index in [1.54, 1.807) is 6.33 Å². The van der Waals surface area contributed by atoms with Gasteiger partial charge in [-0.25, -0.2) is 4.98 Å². The maximum Gasteiger partial charge on any atom is 0.306 e. The van der Waals surface area contributed by atoms with Crippen molar-refractivity contribution in [3.63, 3.8) is 0 Å². The van der Waals surface area contributed by atoms with Gasteiger partial charge in [-0.3, -0.25) is 9.59 Å². The summed E-state index contributed by atoms with van der Waals surface area (Å²) in [5.41, 5.74) is 9.12. The fraction of sp³-hybridized carbons (Fsp3) is 0.633. The highest BCUT2D eigenvalue weighted by Crippen LogP contribution is 2.33. The van der Waals surface area contributed by atoms with E-state index in [1.165, 1.54) is 5.57 Å². The number of imidazole rings is 1. The molecule has 2 heterocycles. The standard InChI is InChI=1S/C30H45N3O4/c1-20-8-6-9-21(2)28(35)22(3)29(36)30(4,5)15-7-10-27(34)37-26(14-11-20)23-12-13-25-24(18-23)32-19-33(25)17-16-31/h11-13,18-19,21-22,26,28,35H,6-10,14-17,31H2,1-5H3/b20-11-/t21-,22+,26?,28?/m0/s1. The van der Waals surface area contributed by atoms with E-state index in [0.717, 1.165) is 35.9 Å². The molecule has 0 spiro atoms. The van der Waals surface area contributed by atoms with E-state index in [-0.39, 0.29) is 24.1 Å². The maximum absolute atomic E-state index is 13.2. The summed E-state index contributed by atoms with van der Waals surface area (Å²) < 4.78 is 8.03. The fourth-order valence-electron chi connectivity index (χ4n) is 5.41. The Morgan fingerprint density at radius 1 is 1.19 bits per heavy atom. The van der Waals surface area contributed by atoms with Crippen LogP contribution in [0.2, 0.25) is 0 Å². The number of carbonyl (C=O) groups is 2. The summed E-state index contributed by atoms with van der Waals surface area (Å²) in [6.07, 6.45) is 7.52. The Labute approximate surface area is 221 Å². The second-order valence-electron chi connectivity index (χ2n) is 11.5. The van der Waals surface area contributed by atoms with Gasteiger partial charge in [-0.1, -0.05) is 45.4 Å². The first-order valence-electron chi connectivity index (χ1n) is 13.8. The number of hydrogen-bond acceptors (Lipinski definition) is 6. The summed E-state index contributed by atoms with van der Waals surface area (Å²) in [4.78, 5) is 30.6. The molecule has 3 N–H and O–H groups in total. The maximum atomic E-state index is 13.2. The van der Waals surface area contributed by atoms with Crippen molar-refractivity contribution >= 4 is 22.8 Å². The van der Waals surface area contributed by atoms with Crippen LogP contribution in [0.15, 0.2) is 36.2 Å². The summed E-state index contributed by atoms with van der Waals surface area (Å²) in [5.74, 6) is -0.599. The zero-order valence-electron chi connectivity index (χ0n) is 23.2. The fourth-order valence-corrected chi connectivity index (χ4v) is 5.41. The normalized spacial score (nSPS) is 28.4. The Morgan fingerprint density at radius 3 is 2.68 bits per heavy atom. The van der Waals surface area contributed by atoms with Crippen LogP contribution < -0.4 is 5.73 Å². The molecule has 0 radical (unpaired) electrons. The number of aliphatic hydroxyl groups is 1. The Morgan fingerprint density at radius 2 is 1.95 bits per heavy atom. The van der Waals surface area contributed by atoms with Crippen molar-refractivity contribution in [2.24, 2.45) is 23.0 Å². The molecule has 0 fully saturated rings. The van der Waals surface area contributed by atoms with Crippen molar-refractivity contribution in [2.75, 3.05) is 6.54 Å². The lowest BCUT2D eigenvalue weighted by Crippen LogP contribution is -2.38. The second-order valence-corrected chi connectivity index (χ2v) is 11.5. The number of rotatable bonds is 3. The Kier molecular flexibility index (Phi) is 10.1. The number of Topliss-reactive ketones (excluding diaryl/α,β-unsaturated/α-hetero) is 1.